The molecule has 2 aromatic carbocycles. The Morgan fingerprint density at radius 2 is 2.00 bits per heavy atom. The van der Waals surface area contributed by atoms with Gasteiger partial charge in [0.1, 0.15) is 5.75 Å². The van der Waals surface area contributed by atoms with Crippen LogP contribution in [0.2, 0.25) is 0 Å². The van der Waals surface area contributed by atoms with Crippen molar-refractivity contribution in [2.24, 2.45) is 0 Å². The summed E-state index contributed by atoms with van der Waals surface area (Å²) in [6, 6.07) is 16.3. The van der Waals surface area contributed by atoms with Gasteiger partial charge in [-0.05, 0) is 49.2 Å². The van der Waals surface area contributed by atoms with Gasteiger partial charge in [-0.15, -0.1) is 16.8 Å². The SMILES string of the molecule is C=CCn1c(SCc2ccc(Br)cc2)nnc1C(C)Oc1cccc(C)c1. The molecular weight excluding hydrogens is 422 g/mol. The average molecular weight is 444 g/mol. The highest BCUT2D eigenvalue weighted by molar-refractivity contribution is 9.10. The van der Waals surface area contributed by atoms with E-state index in [4.69, 9.17) is 4.74 Å². The van der Waals surface area contributed by atoms with Crippen molar-refractivity contribution in [2.75, 3.05) is 0 Å². The maximum absolute atomic E-state index is 6.09. The smallest absolute Gasteiger partial charge is 0.191 e. The van der Waals surface area contributed by atoms with Gasteiger partial charge in [-0.2, -0.15) is 0 Å². The highest BCUT2D eigenvalue weighted by Gasteiger charge is 2.19. The largest absolute Gasteiger partial charge is 0.483 e. The summed E-state index contributed by atoms with van der Waals surface area (Å²) < 4.78 is 9.23. The molecule has 0 aliphatic heterocycles. The molecule has 4 nitrogen and oxygen atoms in total. The number of halogens is 1. The minimum atomic E-state index is -0.207. The lowest BCUT2D eigenvalue weighted by atomic mass is 10.2. The summed E-state index contributed by atoms with van der Waals surface area (Å²) in [5.74, 6) is 2.46. The molecule has 1 unspecified atom stereocenters. The Morgan fingerprint density at radius 3 is 2.70 bits per heavy atom. The maximum atomic E-state index is 6.09. The monoisotopic (exact) mass is 443 g/mol. The fourth-order valence-corrected chi connectivity index (χ4v) is 3.86. The molecular formula is C21H22BrN3OS. The van der Waals surface area contributed by atoms with Crippen LogP contribution >= 0.6 is 27.7 Å². The highest BCUT2D eigenvalue weighted by Crippen LogP contribution is 2.27. The van der Waals surface area contributed by atoms with E-state index in [2.05, 4.69) is 62.4 Å². The molecule has 6 heteroatoms. The molecule has 1 atom stereocenters. The van der Waals surface area contributed by atoms with Crippen molar-refractivity contribution in [3.63, 3.8) is 0 Å². The number of ether oxygens (including phenoxy) is 1. The van der Waals surface area contributed by atoms with Gasteiger partial charge in [-0.25, -0.2) is 0 Å². The second-order valence-corrected chi connectivity index (χ2v) is 8.09. The third kappa shape index (κ3) is 5.23. The molecule has 3 aromatic rings. The Labute approximate surface area is 172 Å². The van der Waals surface area contributed by atoms with Crippen LogP contribution in [0.25, 0.3) is 0 Å². The van der Waals surface area contributed by atoms with E-state index in [-0.39, 0.29) is 6.10 Å². The predicted molar refractivity (Wildman–Crippen MR) is 114 cm³/mol. The predicted octanol–water partition coefficient (Wildman–Crippen LogP) is 5.97. The summed E-state index contributed by atoms with van der Waals surface area (Å²) in [7, 11) is 0. The van der Waals surface area contributed by atoms with Crippen molar-refractivity contribution in [1.29, 1.82) is 0 Å². The average Bonchev–Trinajstić information content (AvgIpc) is 3.04. The zero-order chi connectivity index (χ0) is 19.2. The fraction of sp³-hybridized carbons (Fsp3) is 0.238. The molecule has 1 heterocycles. The van der Waals surface area contributed by atoms with Gasteiger partial charge in [0, 0.05) is 16.8 Å². The number of aromatic nitrogens is 3. The van der Waals surface area contributed by atoms with Crippen LogP contribution in [0.3, 0.4) is 0 Å². The summed E-state index contributed by atoms with van der Waals surface area (Å²) in [5.41, 5.74) is 2.40. The summed E-state index contributed by atoms with van der Waals surface area (Å²) in [4.78, 5) is 0. The first-order valence-corrected chi connectivity index (χ1v) is 10.5. The van der Waals surface area contributed by atoms with Crippen molar-refractivity contribution < 1.29 is 4.74 Å². The minimum Gasteiger partial charge on any atom is -0.483 e. The molecule has 3 rings (SSSR count). The molecule has 1 aromatic heterocycles. The highest BCUT2D eigenvalue weighted by atomic mass is 79.9. The molecule has 0 aliphatic rings. The number of allylic oxidation sites excluding steroid dienone is 1. The number of hydrogen-bond donors (Lipinski definition) is 0. The molecule has 0 aliphatic carbocycles. The van der Waals surface area contributed by atoms with Gasteiger partial charge in [0.2, 0.25) is 0 Å². The van der Waals surface area contributed by atoms with Gasteiger partial charge in [0.15, 0.2) is 17.1 Å². The number of rotatable bonds is 8. The summed E-state index contributed by atoms with van der Waals surface area (Å²) in [6.07, 6.45) is 1.65. The Balaban J connectivity index is 1.75. The van der Waals surface area contributed by atoms with Crippen LogP contribution in [0.15, 0.2) is 70.8 Å². The first kappa shape index (κ1) is 19.7. The zero-order valence-corrected chi connectivity index (χ0v) is 17.8. The Morgan fingerprint density at radius 1 is 1.22 bits per heavy atom. The van der Waals surface area contributed by atoms with E-state index in [1.165, 1.54) is 5.56 Å². The second kappa shape index (κ2) is 9.24. The van der Waals surface area contributed by atoms with Crippen molar-refractivity contribution in [1.82, 2.24) is 14.8 Å². The molecule has 0 spiro atoms. The number of hydrogen-bond acceptors (Lipinski definition) is 4. The molecule has 0 radical (unpaired) electrons. The second-order valence-electron chi connectivity index (χ2n) is 6.23. The summed E-state index contributed by atoms with van der Waals surface area (Å²) in [5, 5.41) is 9.65. The lowest BCUT2D eigenvalue weighted by molar-refractivity contribution is 0.210. The number of nitrogens with zero attached hydrogens (tertiary/aromatic N) is 3. The lowest BCUT2D eigenvalue weighted by Crippen LogP contribution is -2.12. The molecule has 27 heavy (non-hydrogen) atoms. The van der Waals surface area contributed by atoms with Gasteiger partial charge in [-0.3, -0.25) is 4.57 Å². The molecule has 0 bridgehead atoms. The fourth-order valence-electron chi connectivity index (χ4n) is 2.68. The molecule has 0 saturated heterocycles. The summed E-state index contributed by atoms with van der Waals surface area (Å²) in [6.45, 7) is 8.56. The minimum absolute atomic E-state index is 0.207. The molecule has 0 fully saturated rings. The topological polar surface area (TPSA) is 39.9 Å². The Hall–Kier alpha value is -2.05. The van der Waals surface area contributed by atoms with Gasteiger partial charge in [-0.1, -0.05) is 58.0 Å². The van der Waals surface area contributed by atoms with E-state index in [9.17, 15) is 0 Å². The van der Waals surface area contributed by atoms with E-state index in [0.717, 1.165) is 32.5 Å². The number of benzene rings is 2. The van der Waals surface area contributed by atoms with Gasteiger partial charge < -0.3 is 4.74 Å². The van der Waals surface area contributed by atoms with Crippen LogP contribution in [0, 0.1) is 6.92 Å². The van der Waals surface area contributed by atoms with Crippen LogP contribution in [-0.4, -0.2) is 14.8 Å². The van der Waals surface area contributed by atoms with Crippen molar-refractivity contribution in [3.05, 3.63) is 82.6 Å². The van der Waals surface area contributed by atoms with Gasteiger partial charge in [0.05, 0.1) is 0 Å². The third-order valence-corrected chi connectivity index (χ3v) is 5.57. The normalized spacial score (nSPS) is 12.0. The van der Waals surface area contributed by atoms with Crippen molar-refractivity contribution in [2.45, 2.75) is 37.4 Å². The van der Waals surface area contributed by atoms with Gasteiger partial charge in [0.25, 0.3) is 0 Å². The molecule has 0 amide bonds. The molecule has 0 N–H and O–H groups in total. The molecule has 0 saturated carbocycles. The first-order valence-electron chi connectivity index (χ1n) is 8.71. The van der Waals surface area contributed by atoms with Crippen LogP contribution in [0.5, 0.6) is 5.75 Å². The van der Waals surface area contributed by atoms with Crippen LogP contribution in [-0.2, 0) is 12.3 Å². The standard InChI is InChI=1S/C21H22BrN3OS/c1-4-12-25-20(16(3)26-19-7-5-6-15(2)13-19)23-24-21(25)27-14-17-8-10-18(22)11-9-17/h4-11,13,16H,1,12,14H2,2-3H3. The van der Waals surface area contributed by atoms with Crippen molar-refractivity contribution in [3.8, 4) is 5.75 Å². The van der Waals surface area contributed by atoms with E-state index in [1.807, 2.05) is 43.3 Å². The maximum Gasteiger partial charge on any atom is 0.191 e. The third-order valence-electron chi connectivity index (χ3n) is 4.00. The number of aryl methyl sites for hydroxylation is 1. The first-order chi connectivity index (χ1) is 13.1. The van der Waals surface area contributed by atoms with Gasteiger partial charge >= 0.3 is 0 Å². The quantitative estimate of drug-likeness (QED) is 0.317. The van der Waals surface area contributed by atoms with Crippen LogP contribution in [0.4, 0.5) is 0 Å². The molecule has 140 valence electrons. The zero-order valence-electron chi connectivity index (χ0n) is 15.4. The number of thioether (sulfide) groups is 1. The Bertz CT molecular complexity index is 908. The Kier molecular flexibility index (Phi) is 6.74. The van der Waals surface area contributed by atoms with Crippen molar-refractivity contribution >= 4 is 27.7 Å². The van der Waals surface area contributed by atoms with E-state index in [1.54, 1.807) is 11.8 Å². The van der Waals surface area contributed by atoms with Crippen LogP contribution < -0.4 is 4.74 Å². The van der Waals surface area contributed by atoms with E-state index in [0.29, 0.717) is 6.54 Å². The van der Waals surface area contributed by atoms with E-state index < -0.39 is 0 Å². The summed E-state index contributed by atoms with van der Waals surface area (Å²) >= 11 is 5.13. The lowest BCUT2D eigenvalue weighted by Gasteiger charge is -2.16. The van der Waals surface area contributed by atoms with E-state index >= 15 is 0 Å². The van der Waals surface area contributed by atoms with Crippen LogP contribution in [0.1, 0.15) is 30.0 Å².